The van der Waals surface area contributed by atoms with Crippen molar-refractivity contribution in [1.82, 2.24) is 4.90 Å². The van der Waals surface area contributed by atoms with Gasteiger partial charge in [-0.15, -0.1) is 11.3 Å². The third kappa shape index (κ3) is 3.46. The zero-order chi connectivity index (χ0) is 16.4. The molecular formula is C18H20FNO2S. The molecule has 2 heterocycles. The highest BCUT2D eigenvalue weighted by Gasteiger charge is 2.21. The lowest BCUT2D eigenvalue weighted by atomic mass is 10.1. The van der Waals surface area contributed by atoms with Crippen LogP contribution in [0.4, 0.5) is 4.39 Å². The molecule has 0 radical (unpaired) electrons. The van der Waals surface area contributed by atoms with E-state index in [1.54, 1.807) is 22.3 Å². The second-order valence-electron chi connectivity index (χ2n) is 5.96. The molecule has 1 amide bonds. The lowest BCUT2D eigenvalue weighted by molar-refractivity contribution is 0.0300. The number of nitrogens with zero attached hydrogens (tertiary/aromatic N) is 1. The van der Waals surface area contributed by atoms with Crippen molar-refractivity contribution >= 4 is 17.2 Å². The third-order valence-electron chi connectivity index (χ3n) is 3.98. The molecule has 1 aliphatic rings. The average Bonchev–Trinajstić information content (AvgIpc) is 3.05. The van der Waals surface area contributed by atoms with Crippen LogP contribution in [0.1, 0.15) is 35.0 Å². The molecule has 1 aromatic carbocycles. The van der Waals surface area contributed by atoms with Gasteiger partial charge in [0.2, 0.25) is 0 Å². The van der Waals surface area contributed by atoms with Crippen molar-refractivity contribution in [1.29, 1.82) is 0 Å². The van der Waals surface area contributed by atoms with E-state index in [1.165, 1.54) is 10.9 Å². The van der Waals surface area contributed by atoms with Crippen LogP contribution < -0.4 is 0 Å². The normalized spacial score (nSPS) is 15.2. The second kappa shape index (κ2) is 6.81. The summed E-state index contributed by atoms with van der Waals surface area (Å²) in [7, 11) is 0. The molecule has 0 aliphatic carbocycles. The number of carbonyl (C=O) groups is 1. The smallest absolute Gasteiger partial charge is 0.256 e. The summed E-state index contributed by atoms with van der Waals surface area (Å²) in [6, 6.07) is 8.97. The molecule has 122 valence electrons. The first-order valence-corrected chi connectivity index (χ1v) is 8.64. The number of rotatable bonds is 3. The zero-order valence-electron chi connectivity index (χ0n) is 13.3. The van der Waals surface area contributed by atoms with Gasteiger partial charge in [0, 0.05) is 22.8 Å². The van der Waals surface area contributed by atoms with Crippen LogP contribution >= 0.6 is 11.3 Å². The number of morpholine rings is 1. The summed E-state index contributed by atoms with van der Waals surface area (Å²) in [5, 5.41) is 0. The first-order chi connectivity index (χ1) is 11.1. The van der Waals surface area contributed by atoms with Crippen LogP contribution in [0, 0.1) is 5.82 Å². The largest absolute Gasteiger partial charge is 0.378 e. The van der Waals surface area contributed by atoms with E-state index >= 15 is 0 Å². The van der Waals surface area contributed by atoms with Gasteiger partial charge < -0.3 is 9.64 Å². The van der Waals surface area contributed by atoms with Crippen molar-refractivity contribution in [2.45, 2.75) is 19.8 Å². The predicted molar refractivity (Wildman–Crippen MR) is 90.5 cm³/mol. The fraction of sp³-hybridized carbons (Fsp3) is 0.389. The molecule has 1 fully saturated rings. The Balaban J connectivity index is 1.83. The molecule has 0 N–H and O–H groups in total. The lowest BCUT2D eigenvalue weighted by Crippen LogP contribution is -2.41. The standard InChI is InChI=1S/C18H20FNO2S/c1-12(2)16-5-6-17(23-16)13-3-4-14(15(19)11-13)18(21)20-7-9-22-10-8-20/h3-6,11-12H,7-10H2,1-2H3. The summed E-state index contributed by atoms with van der Waals surface area (Å²) < 4.78 is 19.7. The van der Waals surface area contributed by atoms with Crippen molar-refractivity contribution in [3.8, 4) is 10.4 Å². The molecule has 0 unspecified atom stereocenters. The molecule has 0 saturated carbocycles. The van der Waals surface area contributed by atoms with Crippen molar-refractivity contribution in [2.75, 3.05) is 26.3 Å². The highest BCUT2D eigenvalue weighted by atomic mass is 32.1. The van der Waals surface area contributed by atoms with Gasteiger partial charge in [-0.2, -0.15) is 0 Å². The Kier molecular flexibility index (Phi) is 4.78. The fourth-order valence-corrected chi connectivity index (χ4v) is 3.60. The van der Waals surface area contributed by atoms with Gasteiger partial charge in [-0.05, 0) is 35.7 Å². The summed E-state index contributed by atoms with van der Waals surface area (Å²) in [6.07, 6.45) is 0. The van der Waals surface area contributed by atoms with E-state index in [-0.39, 0.29) is 11.5 Å². The van der Waals surface area contributed by atoms with Crippen LogP contribution in [-0.2, 0) is 4.74 Å². The Labute approximate surface area is 139 Å². The first kappa shape index (κ1) is 16.1. The Bertz CT molecular complexity index is 705. The summed E-state index contributed by atoms with van der Waals surface area (Å²) in [6.45, 7) is 6.34. The maximum absolute atomic E-state index is 14.4. The quantitative estimate of drug-likeness (QED) is 0.844. The van der Waals surface area contributed by atoms with Crippen molar-refractivity contribution in [3.63, 3.8) is 0 Å². The van der Waals surface area contributed by atoms with Crippen LogP contribution in [0.2, 0.25) is 0 Å². The van der Waals surface area contributed by atoms with Crippen molar-refractivity contribution in [3.05, 3.63) is 46.6 Å². The number of ether oxygens (including phenoxy) is 1. The maximum atomic E-state index is 14.4. The van der Waals surface area contributed by atoms with Gasteiger partial charge in [0.05, 0.1) is 18.8 Å². The summed E-state index contributed by atoms with van der Waals surface area (Å²) in [5.74, 6) is -0.259. The Hall–Kier alpha value is -1.72. The summed E-state index contributed by atoms with van der Waals surface area (Å²) in [5.41, 5.74) is 0.953. The molecule has 2 aromatic rings. The van der Waals surface area contributed by atoms with Gasteiger partial charge in [-0.25, -0.2) is 4.39 Å². The number of hydrogen-bond donors (Lipinski definition) is 0. The van der Waals surface area contributed by atoms with E-state index in [9.17, 15) is 9.18 Å². The third-order valence-corrected chi connectivity index (χ3v) is 5.41. The molecule has 3 nitrogen and oxygen atoms in total. The van der Waals surface area contributed by atoms with Crippen LogP contribution in [0.5, 0.6) is 0 Å². The Morgan fingerprint density at radius 3 is 2.57 bits per heavy atom. The highest BCUT2D eigenvalue weighted by Crippen LogP contribution is 2.32. The number of benzene rings is 1. The molecule has 1 saturated heterocycles. The van der Waals surface area contributed by atoms with Crippen molar-refractivity contribution < 1.29 is 13.9 Å². The molecule has 0 spiro atoms. The van der Waals surface area contributed by atoms with Gasteiger partial charge in [0.25, 0.3) is 5.91 Å². The molecule has 0 atom stereocenters. The van der Waals surface area contributed by atoms with Crippen LogP contribution in [0.15, 0.2) is 30.3 Å². The maximum Gasteiger partial charge on any atom is 0.256 e. The minimum atomic E-state index is -0.460. The van der Waals surface area contributed by atoms with Gasteiger partial charge in [-0.3, -0.25) is 4.79 Å². The predicted octanol–water partition coefficient (Wildman–Crippen LogP) is 4.15. The number of amides is 1. The molecule has 1 aromatic heterocycles. The van der Waals surface area contributed by atoms with Gasteiger partial charge in [-0.1, -0.05) is 19.9 Å². The highest BCUT2D eigenvalue weighted by molar-refractivity contribution is 7.15. The SMILES string of the molecule is CC(C)c1ccc(-c2ccc(C(=O)N3CCOCC3)c(F)c2)s1. The monoisotopic (exact) mass is 333 g/mol. The van der Waals surface area contributed by atoms with E-state index in [2.05, 4.69) is 19.9 Å². The van der Waals surface area contributed by atoms with Gasteiger partial charge in [0.15, 0.2) is 0 Å². The average molecular weight is 333 g/mol. The number of halogens is 1. The minimum absolute atomic E-state index is 0.135. The lowest BCUT2D eigenvalue weighted by Gasteiger charge is -2.27. The van der Waals surface area contributed by atoms with Crippen LogP contribution in [-0.4, -0.2) is 37.1 Å². The number of thiophene rings is 1. The fourth-order valence-electron chi connectivity index (χ4n) is 2.60. The molecule has 5 heteroatoms. The molecular weight excluding hydrogens is 313 g/mol. The molecule has 3 rings (SSSR count). The Morgan fingerprint density at radius 2 is 1.96 bits per heavy atom. The van der Waals surface area contributed by atoms with Gasteiger partial charge >= 0.3 is 0 Å². The molecule has 23 heavy (non-hydrogen) atoms. The van der Waals surface area contributed by atoms with E-state index in [0.717, 1.165) is 10.4 Å². The number of hydrogen-bond acceptors (Lipinski definition) is 3. The van der Waals surface area contributed by atoms with Crippen LogP contribution in [0.3, 0.4) is 0 Å². The molecule has 0 bridgehead atoms. The summed E-state index contributed by atoms with van der Waals surface area (Å²) in [4.78, 5) is 16.3. The Morgan fingerprint density at radius 1 is 1.22 bits per heavy atom. The summed E-state index contributed by atoms with van der Waals surface area (Å²) >= 11 is 1.67. The number of carbonyl (C=O) groups excluding carboxylic acids is 1. The van der Waals surface area contributed by atoms with E-state index in [1.807, 2.05) is 12.1 Å². The minimum Gasteiger partial charge on any atom is -0.378 e. The zero-order valence-corrected chi connectivity index (χ0v) is 14.2. The topological polar surface area (TPSA) is 29.5 Å². The van der Waals surface area contributed by atoms with E-state index in [4.69, 9.17) is 4.74 Å². The van der Waals surface area contributed by atoms with E-state index in [0.29, 0.717) is 32.2 Å². The van der Waals surface area contributed by atoms with E-state index < -0.39 is 5.82 Å². The van der Waals surface area contributed by atoms with Crippen molar-refractivity contribution in [2.24, 2.45) is 0 Å². The molecule has 1 aliphatic heterocycles. The second-order valence-corrected chi connectivity index (χ2v) is 7.07. The van der Waals surface area contributed by atoms with Gasteiger partial charge in [0.1, 0.15) is 5.82 Å². The first-order valence-electron chi connectivity index (χ1n) is 7.83. The van der Waals surface area contributed by atoms with Crippen LogP contribution in [0.25, 0.3) is 10.4 Å².